The van der Waals surface area contributed by atoms with Gasteiger partial charge in [0, 0.05) is 15.7 Å². The highest BCUT2D eigenvalue weighted by Crippen LogP contribution is 2.25. The average molecular weight is 363 g/mol. The van der Waals surface area contributed by atoms with Gasteiger partial charge in [-0.15, -0.1) is 0 Å². The van der Waals surface area contributed by atoms with Gasteiger partial charge in [0.1, 0.15) is 5.82 Å². The highest BCUT2D eigenvalue weighted by Gasteiger charge is 2.12. The molecular formula is C13H10BrClFNOS. The Morgan fingerprint density at radius 1 is 1.26 bits per heavy atom. The van der Waals surface area contributed by atoms with E-state index >= 15 is 0 Å². The predicted molar refractivity (Wildman–Crippen MR) is 80.1 cm³/mol. The first kappa shape index (κ1) is 14.5. The Morgan fingerprint density at radius 2 is 2.00 bits per heavy atom. The summed E-state index contributed by atoms with van der Waals surface area (Å²) in [6.45, 7) is 0. The molecule has 0 aromatic heterocycles. The lowest BCUT2D eigenvalue weighted by atomic mass is 10.2. The molecule has 0 spiro atoms. The summed E-state index contributed by atoms with van der Waals surface area (Å²) in [6, 6.07) is 9.30. The minimum Gasteiger partial charge on any atom is -0.399 e. The third-order valence-electron chi connectivity index (χ3n) is 2.50. The van der Waals surface area contributed by atoms with Crippen molar-refractivity contribution in [3.63, 3.8) is 0 Å². The van der Waals surface area contributed by atoms with Crippen LogP contribution in [-0.4, -0.2) is 4.21 Å². The fourth-order valence-corrected chi connectivity index (χ4v) is 3.59. The molecule has 0 radical (unpaired) electrons. The van der Waals surface area contributed by atoms with E-state index in [1.807, 2.05) is 0 Å². The first-order valence-corrected chi connectivity index (χ1v) is 7.83. The standard InChI is InChI=1S/C13H10BrClFNOS/c14-9-1-3-12(16)8(5-9)7-19(18)13-4-2-10(17)6-11(13)15/h1-6H,7,17H2. The number of hydrogen-bond donors (Lipinski definition) is 1. The smallest absolute Gasteiger partial charge is 0.127 e. The first-order chi connectivity index (χ1) is 8.97. The summed E-state index contributed by atoms with van der Waals surface area (Å²) < 4.78 is 26.6. The van der Waals surface area contributed by atoms with Crippen LogP contribution in [0.1, 0.15) is 5.56 Å². The number of rotatable bonds is 3. The number of halogens is 3. The van der Waals surface area contributed by atoms with Crippen LogP contribution in [0.2, 0.25) is 5.02 Å². The van der Waals surface area contributed by atoms with Gasteiger partial charge >= 0.3 is 0 Å². The molecule has 0 aliphatic heterocycles. The normalized spacial score (nSPS) is 12.4. The number of benzene rings is 2. The van der Waals surface area contributed by atoms with E-state index in [-0.39, 0.29) is 11.6 Å². The summed E-state index contributed by atoms with van der Waals surface area (Å²) in [7, 11) is -1.42. The molecule has 19 heavy (non-hydrogen) atoms. The average Bonchev–Trinajstić information content (AvgIpc) is 2.33. The van der Waals surface area contributed by atoms with Crippen LogP contribution in [0.4, 0.5) is 10.1 Å². The summed E-state index contributed by atoms with van der Waals surface area (Å²) in [5, 5.41) is 0.328. The number of nitrogen functional groups attached to an aromatic ring is 1. The minimum absolute atomic E-state index is 0.0644. The van der Waals surface area contributed by atoms with E-state index < -0.39 is 10.8 Å². The highest BCUT2D eigenvalue weighted by molar-refractivity contribution is 9.10. The maximum Gasteiger partial charge on any atom is 0.127 e. The highest BCUT2D eigenvalue weighted by atomic mass is 79.9. The molecule has 2 nitrogen and oxygen atoms in total. The minimum atomic E-state index is -1.42. The van der Waals surface area contributed by atoms with Crippen molar-refractivity contribution in [2.75, 3.05) is 5.73 Å². The van der Waals surface area contributed by atoms with E-state index in [4.69, 9.17) is 17.3 Å². The Hall–Kier alpha value is -0.910. The Balaban J connectivity index is 2.28. The van der Waals surface area contributed by atoms with Crippen LogP contribution < -0.4 is 5.73 Å². The summed E-state index contributed by atoms with van der Waals surface area (Å²) in [4.78, 5) is 0.454. The van der Waals surface area contributed by atoms with Crippen LogP contribution in [0.15, 0.2) is 45.8 Å². The predicted octanol–water partition coefficient (Wildman–Crippen LogP) is 4.13. The molecule has 1 atom stereocenters. The molecule has 0 bridgehead atoms. The van der Waals surface area contributed by atoms with Crippen molar-refractivity contribution in [1.29, 1.82) is 0 Å². The van der Waals surface area contributed by atoms with E-state index in [0.29, 0.717) is 21.2 Å². The van der Waals surface area contributed by atoms with Gasteiger partial charge in [0.2, 0.25) is 0 Å². The van der Waals surface area contributed by atoms with Crippen molar-refractivity contribution in [2.24, 2.45) is 0 Å². The molecule has 0 aliphatic carbocycles. The molecule has 0 aliphatic rings. The monoisotopic (exact) mass is 361 g/mol. The third-order valence-corrected chi connectivity index (χ3v) is 4.83. The number of anilines is 1. The topological polar surface area (TPSA) is 43.1 Å². The molecule has 1 unspecified atom stereocenters. The molecule has 2 aromatic rings. The van der Waals surface area contributed by atoms with Crippen LogP contribution in [0, 0.1) is 5.82 Å². The van der Waals surface area contributed by atoms with Crippen LogP contribution in [0.25, 0.3) is 0 Å². The summed E-state index contributed by atoms with van der Waals surface area (Å²) in [6.07, 6.45) is 0. The fraction of sp³-hybridized carbons (Fsp3) is 0.0769. The van der Waals surface area contributed by atoms with Crippen molar-refractivity contribution >= 4 is 44.0 Å². The second-order valence-electron chi connectivity index (χ2n) is 3.92. The van der Waals surface area contributed by atoms with Crippen LogP contribution in [0.3, 0.4) is 0 Å². The second-order valence-corrected chi connectivity index (χ2v) is 6.66. The lowest BCUT2D eigenvalue weighted by molar-refractivity contribution is 0.615. The zero-order chi connectivity index (χ0) is 14.0. The fourth-order valence-electron chi connectivity index (χ4n) is 1.57. The number of nitrogens with two attached hydrogens (primary N) is 1. The molecule has 0 saturated heterocycles. The van der Waals surface area contributed by atoms with Gasteiger partial charge in [-0.05, 0) is 36.4 Å². The molecule has 0 amide bonds. The Kier molecular flexibility index (Phi) is 4.60. The van der Waals surface area contributed by atoms with E-state index in [2.05, 4.69) is 15.9 Å². The summed E-state index contributed by atoms with van der Waals surface area (Å²) >= 11 is 9.24. The van der Waals surface area contributed by atoms with Crippen molar-refractivity contribution in [2.45, 2.75) is 10.6 Å². The van der Waals surface area contributed by atoms with Crippen LogP contribution in [0.5, 0.6) is 0 Å². The van der Waals surface area contributed by atoms with Gasteiger partial charge in [0.15, 0.2) is 0 Å². The number of hydrogen-bond acceptors (Lipinski definition) is 2. The van der Waals surface area contributed by atoms with Gasteiger partial charge < -0.3 is 5.73 Å². The van der Waals surface area contributed by atoms with Crippen LogP contribution >= 0.6 is 27.5 Å². The van der Waals surface area contributed by atoms with E-state index in [0.717, 1.165) is 4.47 Å². The Bertz CT molecular complexity index is 651. The van der Waals surface area contributed by atoms with Crippen molar-refractivity contribution in [3.8, 4) is 0 Å². The van der Waals surface area contributed by atoms with E-state index in [1.165, 1.54) is 12.1 Å². The molecule has 0 fully saturated rings. The van der Waals surface area contributed by atoms with Crippen LogP contribution in [-0.2, 0) is 16.6 Å². The lowest BCUT2D eigenvalue weighted by Crippen LogP contribution is -2.00. The lowest BCUT2D eigenvalue weighted by Gasteiger charge is -2.07. The molecule has 0 saturated carbocycles. The van der Waals surface area contributed by atoms with Gasteiger partial charge in [0.25, 0.3) is 0 Å². The van der Waals surface area contributed by atoms with Crippen molar-refractivity contribution in [1.82, 2.24) is 0 Å². The van der Waals surface area contributed by atoms with Gasteiger partial charge in [0.05, 0.1) is 26.5 Å². The van der Waals surface area contributed by atoms with Gasteiger partial charge in [-0.3, -0.25) is 4.21 Å². The Labute approximate surface area is 126 Å². The van der Waals surface area contributed by atoms with Gasteiger partial charge in [-0.1, -0.05) is 27.5 Å². The third kappa shape index (κ3) is 3.55. The zero-order valence-corrected chi connectivity index (χ0v) is 12.9. The van der Waals surface area contributed by atoms with Crippen molar-refractivity contribution in [3.05, 3.63) is 57.3 Å². The summed E-state index contributed by atoms with van der Waals surface area (Å²) in [5.74, 6) is -0.322. The molecule has 100 valence electrons. The molecule has 2 aromatic carbocycles. The SMILES string of the molecule is Nc1ccc(S(=O)Cc2cc(Br)ccc2F)c(Cl)c1. The quantitative estimate of drug-likeness (QED) is 0.834. The van der Waals surface area contributed by atoms with Gasteiger partial charge in [-0.25, -0.2) is 4.39 Å². The second kappa shape index (κ2) is 6.03. The molecular weight excluding hydrogens is 353 g/mol. The largest absolute Gasteiger partial charge is 0.399 e. The van der Waals surface area contributed by atoms with E-state index in [9.17, 15) is 8.60 Å². The molecule has 2 rings (SSSR count). The first-order valence-electron chi connectivity index (χ1n) is 5.34. The molecule has 0 heterocycles. The van der Waals surface area contributed by atoms with Gasteiger partial charge in [-0.2, -0.15) is 0 Å². The maximum atomic E-state index is 13.6. The van der Waals surface area contributed by atoms with Crippen molar-refractivity contribution < 1.29 is 8.60 Å². The molecule has 6 heteroatoms. The van der Waals surface area contributed by atoms with E-state index in [1.54, 1.807) is 24.3 Å². The molecule has 2 N–H and O–H groups in total. The zero-order valence-electron chi connectivity index (χ0n) is 9.70. The maximum absolute atomic E-state index is 13.6. The Morgan fingerprint density at radius 3 is 2.68 bits per heavy atom. The summed E-state index contributed by atoms with van der Waals surface area (Å²) in [5.41, 5.74) is 6.45.